The number of nitrogens with zero attached hydrogens (tertiary/aromatic N) is 3. The average molecular weight is 321 g/mol. The molecular formula is C20H23N3O. The van der Waals surface area contributed by atoms with E-state index in [2.05, 4.69) is 52.0 Å². The van der Waals surface area contributed by atoms with Crippen LogP contribution in [-0.2, 0) is 6.54 Å². The minimum absolute atomic E-state index is 0.897. The van der Waals surface area contributed by atoms with Crippen LogP contribution in [0.25, 0.3) is 22.1 Å². The summed E-state index contributed by atoms with van der Waals surface area (Å²) >= 11 is 0. The smallest absolute Gasteiger partial charge is 0.134 e. The first-order chi connectivity index (χ1) is 11.8. The average Bonchev–Trinajstić information content (AvgIpc) is 3.04. The minimum atomic E-state index is 0.897. The molecule has 0 saturated carbocycles. The Hall–Kier alpha value is -2.17. The van der Waals surface area contributed by atoms with Crippen molar-refractivity contribution >= 4 is 11.0 Å². The largest absolute Gasteiger partial charge is 0.460 e. The molecule has 1 aliphatic rings. The summed E-state index contributed by atoms with van der Waals surface area (Å²) in [5.74, 6) is 1.05. The summed E-state index contributed by atoms with van der Waals surface area (Å²) in [6.45, 7) is 8.82. The van der Waals surface area contributed by atoms with E-state index in [0.29, 0.717) is 0 Å². The van der Waals surface area contributed by atoms with Gasteiger partial charge in [-0.3, -0.25) is 9.88 Å². The quantitative estimate of drug-likeness (QED) is 0.734. The molecule has 3 aromatic rings. The van der Waals surface area contributed by atoms with E-state index >= 15 is 0 Å². The Kier molecular flexibility index (Phi) is 4.32. The van der Waals surface area contributed by atoms with Gasteiger partial charge in [-0.15, -0.1) is 0 Å². The number of likely N-dealkylation sites (N-methyl/N-ethyl adjacent to an activating group) is 1. The topological polar surface area (TPSA) is 32.5 Å². The zero-order chi connectivity index (χ0) is 16.4. The van der Waals surface area contributed by atoms with Gasteiger partial charge >= 0.3 is 0 Å². The van der Waals surface area contributed by atoms with Gasteiger partial charge in [0.25, 0.3) is 0 Å². The van der Waals surface area contributed by atoms with Crippen molar-refractivity contribution in [3.8, 4) is 11.1 Å². The number of fused-ring (bicyclic) bond motifs is 1. The molecule has 0 N–H and O–H groups in total. The third kappa shape index (κ3) is 3.21. The zero-order valence-corrected chi connectivity index (χ0v) is 14.1. The molecule has 1 aliphatic heterocycles. The molecule has 0 bridgehead atoms. The monoisotopic (exact) mass is 321 g/mol. The number of rotatable bonds is 4. The Bertz CT molecular complexity index is 804. The van der Waals surface area contributed by atoms with Crippen LogP contribution in [0.3, 0.4) is 0 Å². The van der Waals surface area contributed by atoms with E-state index in [9.17, 15) is 0 Å². The second-order valence-corrected chi connectivity index (χ2v) is 6.42. The van der Waals surface area contributed by atoms with Crippen LogP contribution < -0.4 is 0 Å². The van der Waals surface area contributed by atoms with E-state index in [0.717, 1.165) is 56.2 Å². The number of aromatic nitrogens is 1. The van der Waals surface area contributed by atoms with E-state index in [1.165, 1.54) is 10.9 Å². The highest BCUT2D eigenvalue weighted by Crippen LogP contribution is 2.27. The first kappa shape index (κ1) is 15.4. The Morgan fingerprint density at radius 3 is 2.58 bits per heavy atom. The highest BCUT2D eigenvalue weighted by atomic mass is 16.3. The second kappa shape index (κ2) is 6.75. The Labute approximate surface area is 142 Å². The van der Waals surface area contributed by atoms with Gasteiger partial charge in [-0.05, 0) is 36.4 Å². The highest BCUT2D eigenvalue weighted by Gasteiger charge is 2.17. The van der Waals surface area contributed by atoms with Crippen molar-refractivity contribution in [2.24, 2.45) is 0 Å². The van der Waals surface area contributed by atoms with E-state index in [-0.39, 0.29) is 0 Å². The summed E-state index contributed by atoms with van der Waals surface area (Å²) in [5, 5.41) is 1.17. The summed E-state index contributed by atoms with van der Waals surface area (Å²) in [5.41, 5.74) is 3.28. The van der Waals surface area contributed by atoms with Gasteiger partial charge in [-0.1, -0.05) is 19.1 Å². The fourth-order valence-corrected chi connectivity index (χ4v) is 3.37. The first-order valence-electron chi connectivity index (χ1n) is 8.69. The molecular weight excluding hydrogens is 298 g/mol. The predicted molar refractivity (Wildman–Crippen MR) is 96.8 cm³/mol. The Balaban J connectivity index is 1.51. The van der Waals surface area contributed by atoms with Crippen molar-refractivity contribution in [1.82, 2.24) is 14.8 Å². The van der Waals surface area contributed by atoms with Crippen LogP contribution in [0, 0.1) is 0 Å². The van der Waals surface area contributed by atoms with Gasteiger partial charge in [0, 0.05) is 49.5 Å². The fourth-order valence-electron chi connectivity index (χ4n) is 3.37. The third-order valence-corrected chi connectivity index (χ3v) is 4.85. The van der Waals surface area contributed by atoms with E-state index in [1.807, 2.05) is 12.3 Å². The van der Waals surface area contributed by atoms with Gasteiger partial charge in [0.05, 0.1) is 6.54 Å². The van der Waals surface area contributed by atoms with Crippen molar-refractivity contribution in [2.45, 2.75) is 13.5 Å². The molecule has 24 heavy (non-hydrogen) atoms. The lowest BCUT2D eigenvalue weighted by atomic mass is 10.1. The molecule has 0 amide bonds. The van der Waals surface area contributed by atoms with Crippen LogP contribution in [-0.4, -0.2) is 47.5 Å². The van der Waals surface area contributed by atoms with Crippen molar-refractivity contribution < 1.29 is 4.42 Å². The number of hydrogen-bond donors (Lipinski definition) is 0. The van der Waals surface area contributed by atoms with Crippen molar-refractivity contribution in [2.75, 3.05) is 32.7 Å². The lowest BCUT2D eigenvalue weighted by Crippen LogP contribution is -2.45. The van der Waals surface area contributed by atoms with Crippen molar-refractivity contribution in [3.05, 3.63) is 54.6 Å². The second-order valence-electron chi connectivity index (χ2n) is 6.42. The Morgan fingerprint density at radius 1 is 1.00 bits per heavy atom. The predicted octanol–water partition coefficient (Wildman–Crippen LogP) is 3.63. The number of furan rings is 1. The number of pyridine rings is 1. The summed E-state index contributed by atoms with van der Waals surface area (Å²) < 4.78 is 6.04. The molecule has 4 heteroatoms. The van der Waals surface area contributed by atoms with Crippen LogP contribution in [0.2, 0.25) is 0 Å². The number of piperazine rings is 1. The molecule has 0 spiro atoms. The van der Waals surface area contributed by atoms with Crippen LogP contribution in [0.5, 0.6) is 0 Å². The maximum Gasteiger partial charge on any atom is 0.134 e. The lowest BCUT2D eigenvalue weighted by molar-refractivity contribution is 0.126. The highest BCUT2D eigenvalue weighted by molar-refractivity contribution is 5.83. The van der Waals surface area contributed by atoms with Crippen molar-refractivity contribution in [3.63, 3.8) is 0 Å². The molecule has 0 unspecified atom stereocenters. The van der Waals surface area contributed by atoms with Gasteiger partial charge < -0.3 is 9.32 Å². The lowest BCUT2D eigenvalue weighted by Gasteiger charge is -2.33. The summed E-state index contributed by atoms with van der Waals surface area (Å²) in [6.07, 6.45) is 3.70. The summed E-state index contributed by atoms with van der Waals surface area (Å²) in [6, 6.07) is 12.6. The van der Waals surface area contributed by atoms with Gasteiger partial charge in [0.1, 0.15) is 11.3 Å². The van der Waals surface area contributed by atoms with Crippen LogP contribution in [0.1, 0.15) is 12.7 Å². The van der Waals surface area contributed by atoms with Crippen LogP contribution in [0.15, 0.2) is 53.2 Å². The van der Waals surface area contributed by atoms with Crippen LogP contribution in [0.4, 0.5) is 0 Å². The Morgan fingerprint density at radius 2 is 1.83 bits per heavy atom. The first-order valence-corrected chi connectivity index (χ1v) is 8.69. The maximum atomic E-state index is 6.04. The van der Waals surface area contributed by atoms with Crippen LogP contribution >= 0.6 is 0 Å². The van der Waals surface area contributed by atoms with Gasteiger partial charge in [-0.2, -0.15) is 0 Å². The summed E-state index contributed by atoms with van der Waals surface area (Å²) in [4.78, 5) is 9.18. The fraction of sp³-hybridized carbons (Fsp3) is 0.350. The molecule has 0 aliphatic carbocycles. The third-order valence-electron chi connectivity index (χ3n) is 4.85. The molecule has 0 radical (unpaired) electrons. The van der Waals surface area contributed by atoms with Gasteiger partial charge in [-0.25, -0.2) is 0 Å². The van der Waals surface area contributed by atoms with Gasteiger partial charge in [0.15, 0.2) is 0 Å². The number of benzene rings is 1. The van der Waals surface area contributed by atoms with E-state index in [4.69, 9.17) is 4.42 Å². The molecule has 1 aromatic carbocycles. The molecule has 4 rings (SSSR count). The SMILES string of the molecule is CCN1CCN(Cc2cc3cc(-c4cccnc4)ccc3o2)CC1. The molecule has 2 aromatic heterocycles. The van der Waals surface area contributed by atoms with Crippen molar-refractivity contribution in [1.29, 1.82) is 0 Å². The minimum Gasteiger partial charge on any atom is -0.460 e. The maximum absolute atomic E-state index is 6.04. The molecule has 3 heterocycles. The standard InChI is InChI=1S/C20H23N3O/c1-2-22-8-10-23(11-9-22)15-19-13-18-12-16(5-6-20(18)24-19)17-4-3-7-21-14-17/h3-7,12-14H,2,8-11,15H2,1H3. The molecule has 1 saturated heterocycles. The molecule has 0 atom stereocenters. The molecule has 4 nitrogen and oxygen atoms in total. The number of hydrogen-bond acceptors (Lipinski definition) is 4. The summed E-state index contributed by atoms with van der Waals surface area (Å²) in [7, 11) is 0. The normalized spacial score (nSPS) is 16.7. The van der Waals surface area contributed by atoms with E-state index in [1.54, 1.807) is 6.20 Å². The molecule has 124 valence electrons. The van der Waals surface area contributed by atoms with E-state index < -0.39 is 0 Å². The van der Waals surface area contributed by atoms with Gasteiger partial charge in [0.2, 0.25) is 0 Å². The molecule has 1 fully saturated rings. The zero-order valence-electron chi connectivity index (χ0n) is 14.1.